The molecular weight excluding hydrogens is 978 g/mol. The Hall–Kier alpha value is -0.130. The van der Waals surface area contributed by atoms with Crippen LogP contribution in [0.15, 0.2) is 0 Å². The van der Waals surface area contributed by atoms with E-state index in [1.807, 2.05) is 0 Å². The van der Waals surface area contributed by atoms with Crippen molar-refractivity contribution in [1.29, 1.82) is 0 Å². The molecule has 0 atom stereocenters. The highest BCUT2D eigenvalue weighted by Gasteiger charge is 2.27. The predicted molar refractivity (Wildman–Crippen MR) is 333 cm³/mol. The zero-order valence-electron chi connectivity index (χ0n) is 54.1. The quantitative estimate of drug-likeness (QED) is 0.0312. The van der Waals surface area contributed by atoms with Crippen molar-refractivity contribution in [2.75, 3.05) is 98.4 Å². The number of hydrogen-bond acceptors (Lipinski definition) is 7. The molecule has 0 fully saturated rings. The molecule has 0 aromatic heterocycles. The van der Waals surface area contributed by atoms with Crippen LogP contribution < -0.4 is 14.7 Å². The zero-order chi connectivity index (χ0) is 58.3. The third kappa shape index (κ3) is 63.3. The first-order chi connectivity index (χ1) is 37.2. The minimum atomic E-state index is -5.39. The van der Waals surface area contributed by atoms with Crippen molar-refractivity contribution in [3.05, 3.63) is 0 Å². The molecule has 0 radical (unpaired) electrons. The molecule has 3 N–H and O–H groups in total. The van der Waals surface area contributed by atoms with Crippen LogP contribution in [0.1, 0.15) is 332 Å². The lowest BCUT2D eigenvalue weighted by Gasteiger charge is -2.39. The minimum Gasteiger partial charge on any atom is -0.822 e. The topological polar surface area (TPSA) is 147 Å². The van der Waals surface area contributed by atoms with Crippen molar-refractivity contribution in [3.63, 3.8) is 0 Å². The summed E-state index contributed by atoms with van der Waals surface area (Å²) in [5.41, 5.74) is 0. The molecule has 0 aromatic carbocycles. The van der Waals surface area contributed by atoms with Gasteiger partial charge in [-0.25, -0.2) is 0 Å². The highest BCUT2D eigenvalue weighted by atomic mass is 31.2. The summed E-state index contributed by atoms with van der Waals surface area (Å²) < 4.78 is 12.1. The monoisotopic (exact) mass is 1120 g/mol. The number of phosphoric acid groups is 1. The van der Waals surface area contributed by atoms with Crippen LogP contribution in [-0.2, 0) is 4.57 Å². The molecule has 0 aliphatic heterocycles. The van der Waals surface area contributed by atoms with Crippen molar-refractivity contribution >= 4 is 7.82 Å². The summed E-state index contributed by atoms with van der Waals surface area (Å²) in [6, 6.07) is 0. The summed E-state index contributed by atoms with van der Waals surface area (Å²) >= 11 is 0. The Bertz CT molecular complexity index is 980. The molecule has 0 heterocycles. The molecule has 77 heavy (non-hydrogen) atoms. The second-order valence-electron chi connectivity index (χ2n) is 24.0. The van der Waals surface area contributed by atoms with Gasteiger partial charge >= 0.3 is 0 Å². The number of hydrogen-bond donors (Lipinski definition) is 3. The lowest BCUT2D eigenvalue weighted by Crippen LogP contribution is -2.51. The van der Waals surface area contributed by atoms with Crippen LogP contribution in [0.3, 0.4) is 0 Å². The molecular formula is C66H144N3O7P. The van der Waals surface area contributed by atoms with E-state index in [9.17, 15) is 15.3 Å². The summed E-state index contributed by atoms with van der Waals surface area (Å²) in [6.45, 7) is 36.0. The predicted octanol–water partition coefficient (Wildman–Crippen LogP) is 16.1. The zero-order valence-corrected chi connectivity index (χ0v) is 55.0. The number of rotatable bonds is 57. The van der Waals surface area contributed by atoms with Crippen molar-refractivity contribution in [1.82, 2.24) is 0 Å². The van der Waals surface area contributed by atoms with Gasteiger partial charge in [-0.1, -0.05) is 255 Å². The number of nitrogens with zero attached hydrogens (tertiary/aromatic N) is 3. The number of aliphatic hydroxyl groups is 3. The fourth-order valence-corrected chi connectivity index (χ4v) is 11.4. The molecule has 0 unspecified atom stereocenters. The Morgan fingerprint density at radius 3 is 0.468 bits per heavy atom. The van der Waals surface area contributed by atoms with E-state index >= 15 is 0 Å². The molecule has 0 aliphatic rings. The second kappa shape index (κ2) is 65.0. The summed E-state index contributed by atoms with van der Waals surface area (Å²) in [5, 5.41) is 28.6. The fraction of sp³-hybridized carbons (Fsp3) is 1.00. The van der Waals surface area contributed by atoms with Gasteiger partial charge in [0, 0.05) is 0 Å². The Kier molecular flexibility index (Phi) is 70.4. The van der Waals surface area contributed by atoms with Gasteiger partial charge in [-0.05, 0) is 77.0 Å². The van der Waals surface area contributed by atoms with E-state index in [2.05, 4.69) is 62.3 Å². The second-order valence-corrected chi connectivity index (χ2v) is 24.9. The molecule has 0 saturated carbocycles. The van der Waals surface area contributed by atoms with Crippen LogP contribution in [0.2, 0.25) is 0 Å². The molecule has 0 aliphatic carbocycles. The van der Waals surface area contributed by atoms with E-state index in [1.165, 1.54) is 342 Å². The van der Waals surface area contributed by atoms with Crippen molar-refractivity contribution in [2.45, 2.75) is 332 Å². The van der Waals surface area contributed by atoms with E-state index in [4.69, 9.17) is 19.2 Å². The minimum absolute atomic E-state index is 0.352. The Balaban J connectivity index is -0.000000495. The molecule has 0 saturated heterocycles. The van der Waals surface area contributed by atoms with E-state index in [-0.39, 0.29) is 0 Å². The third-order valence-electron chi connectivity index (χ3n) is 16.6. The Labute approximate surface area is 484 Å². The van der Waals surface area contributed by atoms with Gasteiger partial charge in [-0.15, -0.1) is 0 Å². The molecule has 0 bridgehead atoms. The maximum atomic E-state index is 9.55. The molecule has 11 heteroatoms. The van der Waals surface area contributed by atoms with Crippen molar-refractivity contribution in [3.8, 4) is 0 Å². The standard InChI is InChI=1S/3C22H48NO.H3O4P/c3*1-4-7-10-11-12-13-14-15-16-17-20-23(21-22-24,18-8-5-2)19-9-6-3;1-5(2,3)4/h3*24H,4-22H2,1-3H3;(H3,1,2,3,4)/q3*+1;/p-3. The molecule has 470 valence electrons. The summed E-state index contributed by atoms with van der Waals surface area (Å²) in [7, 11) is -5.39. The van der Waals surface area contributed by atoms with Gasteiger partial charge in [0.2, 0.25) is 0 Å². The highest BCUT2D eigenvalue weighted by molar-refractivity contribution is 7.40. The first-order valence-corrected chi connectivity index (χ1v) is 35.8. The van der Waals surface area contributed by atoms with Crippen LogP contribution >= 0.6 is 7.82 Å². The fourth-order valence-electron chi connectivity index (χ4n) is 11.4. The van der Waals surface area contributed by atoms with Crippen molar-refractivity contribution < 1.29 is 48.0 Å². The summed E-state index contributed by atoms with van der Waals surface area (Å²) in [4.78, 5) is 25.6. The molecule has 0 spiro atoms. The maximum absolute atomic E-state index is 9.55. The maximum Gasteiger partial charge on any atom is 0.102 e. The van der Waals surface area contributed by atoms with E-state index in [0.29, 0.717) is 19.8 Å². The third-order valence-corrected chi connectivity index (χ3v) is 16.6. The van der Waals surface area contributed by atoms with Crippen LogP contribution in [0.4, 0.5) is 0 Å². The van der Waals surface area contributed by atoms with Gasteiger partial charge in [0.15, 0.2) is 0 Å². The number of quaternary nitrogens is 3. The van der Waals surface area contributed by atoms with Crippen LogP contribution in [0.5, 0.6) is 0 Å². The highest BCUT2D eigenvalue weighted by Crippen LogP contribution is 2.20. The van der Waals surface area contributed by atoms with Gasteiger partial charge < -0.3 is 48.0 Å². The van der Waals surface area contributed by atoms with Gasteiger partial charge in [-0.3, -0.25) is 0 Å². The molecule has 0 aromatic rings. The first-order valence-electron chi connectivity index (χ1n) is 34.3. The summed E-state index contributed by atoms with van der Waals surface area (Å²) in [6.07, 6.45) is 57.8. The normalized spacial score (nSPS) is 12.0. The SMILES string of the molecule is CCCCCCCCCCCC[N+](CCO)(CCCC)CCCC.CCCCCCCCCCCC[N+](CCO)(CCCC)CCCC.CCCCCCCCCCCC[N+](CCO)(CCCC)CCCC.O=P([O-])([O-])[O-]. The smallest absolute Gasteiger partial charge is 0.102 e. The Morgan fingerprint density at radius 2 is 0.338 bits per heavy atom. The number of aliphatic hydroxyl groups excluding tert-OH is 3. The van der Waals surface area contributed by atoms with Crippen LogP contribution in [-0.4, -0.2) is 127 Å². The summed E-state index contributed by atoms with van der Waals surface area (Å²) in [5.74, 6) is 0. The van der Waals surface area contributed by atoms with Crippen LogP contribution in [0, 0.1) is 0 Å². The average molecular weight is 1120 g/mol. The molecule has 10 nitrogen and oxygen atoms in total. The lowest BCUT2D eigenvalue weighted by molar-refractivity contribution is -0.929. The van der Waals surface area contributed by atoms with Gasteiger partial charge in [0.25, 0.3) is 0 Å². The van der Waals surface area contributed by atoms with E-state index in [0.717, 1.165) is 19.6 Å². The lowest BCUT2D eigenvalue weighted by atomic mass is 10.1. The molecule has 0 amide bonds. The van der Waals surface area contributed by atoms with Crippen molar-refractivity contribution in [2.24, 2.45) is 0 Å². The largest absolute Gasteiger partial charge is 0.822 e. The van der Waals surface area contributed by atoms with Crippen LogP contribution in [0.25, 0.3) is 0 Å². The Morgan fingerprint density at radius 1 is 0.221 bits per heavy atom. The number of unbranched alkanes of at least 4 members (excludes halogenated alkanes) is 33. The van der Waals surface area contributed by atoms with Gasteiger partial charge in [0.05, 0.1) is 78.7 Å². The van der Waals surface area contributed by atoms with E-state index < -0.39 is 7.82 Å². The van der Waals surface area contributed by atoms with Gasteiger partial charge in [-0.2, -0.15) is 7.82 Å². The first kappa shape index (κ1) is 83.3. The van der Waals surface area contributed by atoms with E-state index in [1.54, 1.807) is 0 Å². The average Bonchev–Trinajstić information content (AvgIpc) is 3.41. The molecule has 0 rings (SSSR count). The van der Waals surface area contributed by atoms with Gasteiger partial charge in [0.1, 0.15) is 19.6 Å².